The molecular weight excluding hydrogens is 378 g/mol. The van der Waals surface area contributed by atoms with Gasteiger partial charge >= 0.3 is 12.1 Å². The number of hydrogen-bond donors (Lipinski definition) is 1. The second kappa shape index (κ2) is 7.65. The molecule has 1 heterocycles. The Bertz CT molecular complexity index is 877. The third-order valence-electron chi connectivity index (χ3n) is 4.95. The highest BCUT2D eigenvalue weighted by Crippen LogP contribution is 2.46. The number of Topliss-reactive ketones (excluding diaryl/α,β-unsaturated/α-hetero) is 1. The number of carbonyl (C=O) groups is 2. The molecule has 0 atom stereocenters. The molecule has 0 unspecified atom stereocenters. The molecule has 3 rings (SSSR count). The Morgan fingerprint density at radius 1 is 1.11 bits per heavy atom. The summed E-state index contributed by atoms with van der Waals surface area (Å²) in [4.78, 5) is 30.9. The van der Waals surface area contributed by atoms with Crippen LogP contribution in [0.3, 0.4) is 0 Å². The van der Waals surface area contributed by atoms with Gasteiger partial charge in [0.05, 0.1) is 12.1 Å². The molecule has 1 aromatic carbocycles. The number of benzene rings is 1. The zero-order valence-corrected chi connectivity index (χ0v) is 14.7. The molecule has 1 fully saturated rings. The van der Waals surface area contributed by atoms with Crippen molar-refractivity contribution in [2.24, 2.45) is 0 Å². The summed E-state index contributed by atoms with van der Waals surface area (Å²) < 4.78 is 50.6. The van der Waals surface area contributed by atoms with E-state index in [0.29, 0.717) is 17.8 Å². The molecule has 148 valence electrons. The van der Waals surface area contributed by atoms with Crippen LogP contribution in [0.4, 0.5) is 17.6 Å². The van der Waals surface area contributed by atoms with Gasteiger partial charge in [0, 0.05) is 24.2 Å². The predicted molar refractivity (Wildman–Crippen MR) is 91.1 cm³/mol. The minimum absolute atomic E-state index is 0.0141. The van der Waals surface area contributed by atoms with Gasteiger partial charge in [-0.1, -0.05) is 24.6 Å². The lowest BCUT2D eigenvalue weighted by atomic mass is 9.62. The second-order valence-electron chi connectivity index (χ2n) is 6.78. The Kier molecular flexibility index (Phi) is 5.44. The lowest BCUT2D eigenvalue weighted by Crippen LogP contribution is -2.39. The summed E-state index contributed by atoms with van der Waals surface area (Å²) >= 11 is 0. The number of amides is 1. The molecule has 2 aromatic rings. The number of hydrogen-bond acceptors (Lipinski definition) is 4. The zero-order valence-electron chi connectivity index (χ0n) is 14.7. The summed E-state index contributed by atoms with van der Waals surface area (Å²) in [6.45, 7) is -0.805. The van der Waals surface area contributed by atoms with Crippen LogP contribution in [-0.2, 0) is 16.6 Å². The van der Waals surface area contributed by atoms with Crippen LogP contribution in [0, 0.1) is 5.82 Å². The number of halogens is 4. The molecule has 1 aromatic heterocycles. The molecule has 0 radical (unpaired) electrons. The number of aromatic nitrogens is 2. The number of ketones is 1. The highest BCUT2D eigenvalue weighted by atomic mass is 19.4. The normalized spacial score (nSPS) is 15.6. The maximum absolute atomic E-state index is 14.2. The molecule has 9 heteroatoms. The van der Waals surface area contributed by atoms with Gasteiger partial charge in [0.1, 0.15) is 11.6 Å². The van der Waals surface area contributed by atoms with E-state index in [9.17, 15) is 27.2 Å². The summed E-state index contributed by atoms with van der Waals surface area (Å²) in [7, 11) is 0. The quantitative estimate of drug-likeness (QED) is 0.603. The largest absolute Gasteiger partial charge is 0.471 e. The van der Waals surface area contributed by atoms with Crippen LogP contribution in [0.1, 0.15) is 41.0 Å². The first kappa shape index (κ1) is 19.9. The van der Waals surface area contributed by atoms with E-state index in [1.807, 2.05) is 0 Å². The molecule has 0 spiro atoms. The second-order valence-corrected chi connectivity index (χ2v) is 6.78. The van der Waals surface area contributed by atoms with Crippen LogP contribution in [0.2, 0.25) is 0 Å². The molecule has 1 aliphatic carbocycles. The Morgan fingerprint density at radius 2 is 1.75 bits per heavy atom. The number of nitrogens with zero attached hydrogens (tertiary/aromatic N) is 2. The van der Waals surface area contributed by atoms with Crippen LogP contribution in [-0.4, -0.2) is 34.4 Å². The van der Waals surface area contributed by atoms with Crippen molar-refractivity contribution < 1.29 is 27.2 Å². The predicted octanol–water partition coefficient (Wildman–Crippen LogP) is 3.14. The average Bonchev–Trinajstić information content (AvgIpc) is 2.63. The summed E-state index contributed by atoms with van der Waals surface area (Å²) in [5.74, 6) is -2.79. The van der Waals surface area contributed by atoms with Gasteiger partial charge in [-0.3, -0.25) is 9.59 Å². The Hall–Kier alpha value is -2.84. The summed E-state index contributed by atoms with van der Waals surface area (Å²) in [5.41, 5.74) is 0.206. The molecule has 1 N–H and O–H groups in total. The summed E-state index contributed by atoms with van der Waals surface area (Å²) in [5, 5.41) is 1.51. The molecule has 5 nitrogen and oxygen atoms in total. The molecule has 28 heavy (non-hydrogen) atoms. The first-order chi connectivity index (χ1) is 13.2. The fourth-order valence-corrected chi connectivity index (χ4v) is 3.29. The average molecular weight is 395 g/mol. The lowest BCUT2D eigenvalue weighted by molar-refractivity contribution is -0.173. The number of alkyl halides is 3. The molecule has 0 aliphatic heterocycles. The van der Waals surface area contributed by atoms with Crippen molar-refractivity contribution in [3.05, 3.63) is 59.4 Å². The van der Waals surface area contributed by atoms with Gasteiger partial charge in [0.2, 0.25) is 0 Å². The maximum atomic E-state index is 14.2. The van der Waals surface area contributed by atoms with Crippen LogP contribution in [0.15, 0.2) is 36.7 Å². The number of rotatable bonds is 6. The third-order valence-corrected chi connectivity index (χ3v) is 4.95. The monoisotopic (exact) mass is 395 g/mol. The Labute approximate surface area is 158 Å². The smallest absolute Gasteiger partial charge is 0.341 e. The topological polar surface area (TPSA) is 72.0 Å². The van der Waals surface area contributed by atoms with E-state index < -0.39 is 29.8 Å². The van der Waals surface area contributed by atoms with Crippen molar-refractivity contribution >= 4 is 11.7 Å². The summed E-state index contributed by atoms with van der Waals surface area (Å²) in [6.07, 6.45) is 0.306. The molecule has 1 saturated carbocycles. The highest BCUT2D eigenvalue weighted by Gasteiger charge is 2.41. The van der Waals surface area contributed by atoms with E-state index in [1.165, 1.54) is 23.8 Å². The van der Waals surface area contributed by atoms with E-state index in [1.54, 1.807) is 18.2 Å². The first-order valence-electron chi connectivity index (χ1n) is 8.65. The molecule has 0 saturated heterocycles. The van der Waals surface area contributed by atoms with Gasteiger partial charge in [-0.05, 0) is 24.5 Å². The van der Waals surface area contributed by atoms with Gasteiger partial charge in [-0.25, -0.2) is 14.4 Å². The van der Waals surface area contributed by atoms with Crippen LogP contribution in [0.5, 0.6) is 0 Å². The number of nitrogens with one attached hydrogen (secondary N) is 1. The van der Waals surface area contributed by atoms with E-state index >= 15 is 0 Å². The lowest BCUT2D eigenvalue weighted by Gasteiger charge is -2.42. The van der Waals surface area contributed by atoms with Gasteiger partial charge < -0.3 is 5.32 Å². The minimum Gasteiger partial charge on any atom is -0.341 e. The first-order valence-corrected chi connectivity index (χ1v) is 8.65. The maximum Gasteiger partial charge on any atom is 0.471 e. The van der Waals surface area contributed by atoms with Crippen molar-refractivity contribution in [2.45, 2.75) is 37.3 Å². The Balaban J connectivity index is 1.67. The fourth-order valence-electron chi connectivity index (χ4n) is 3.29. The third kappa shape index (κ3) is 4.18. The zero-order chi connectivity index (χ0) is 20.4. The molecule has 1 aliphatic rings. The van der Waals surface area contributed by atoms with Gasteiger partial charge in [-0.2, -0.15) is 13.2 Å². The van der Waals surface area contributed by atoms with Crippen molar-refractivity contribution in [3.63, 3.8) is 0 Å². The van der Waals surface area contributed by atoms with Crippen molar-refractivity contribution in [3.8, 4) is 0 Å². The van der Waals surface area contributed by atoms with Crippen LogP contribution in [0.25, 0.3) is 0 Å². The Morgan fingerprint density at radius 3 is 2.29 bits per heavy atom. The standard InChI is InChI=1S/C19H17F4N3O2/c20-14-5-2-1-4-13(14)18(6-3-7-18)8-16-24-9-12(10-25-16)15(27)11-26-17(28)19(21,22)23/h1-2,4-5,9-10H,3,6-8,11H2,(H,26,28). The minimum atomic E-state index is -5.05. The van der Waals surface area contributed by atoms with Crippen molar-refractivity contribution in [1.29, 1.82) is 0 Å². The van der Waals surface area contributed by atoms with E-state index in [-0.39, 0.29) is 11.4 Å². The van der Waals surface area contributed by atoms with Crippen LogP contribution >= 0.6 is 0 Å². The highest BCUT2D eigenvalue weighted by molar-refractivity contribution is 5.99. The van der Waals surface area contributed by atoms with E-state index in [2.05, 4.69) is 9.97 Å². The van der Waals surface area contributed by atoms with E-state index in [4.69, 9.17) is 0 Å². The molecular formula is C19H17F4N3O2. The molecule has 0 bridgehead atoms. The summed E-state index contributed by atoms with van der Waals surface area (Å²) in [6, 6.07) is 6.55. The van der Waals surface area contributed by atoms with Crippen molar-refractivity contribution in [2.75, 3.05) is 6.54 Å². The van der Waals surface area contributed by atoms with Gasteiger partial charge in [0.15, 0.2) is 5.78 Å². The van der Waals surface area contributed by atoms with Gasteiger partial charge in [0.25, 0.3) is 0 Å². The number of carbonyl (C=O) groups excluding carboxylic acids is 2. The van der Waals surface area contributed by atoms with Gasteiger partial charge in [-0.15, -0.1) is 0 Å². The van der Waals surface area contributed by atoms with Crippen LogP contribution < -0.4 is 5.32 Å². The SMILES string of the molecule is O=C(CNC(=O)C(F)(F)F)c1cnc(CC2(c3ccccc3F)CCC2)nc1. The van der Waals surface area contributed by atoms with Crippen molar-refractivity contribution in [1.82, 2.24) is 15.3 Å². The van der Waals surface area contributed by atoms with E-state index in [0.717, 1.165) is 19.3 Å². The fraction of sp³-hybridized carbons (Fsp3) is 0.368. The molecule has 1 amide bonds.